The van der Waals surface area contributed by atoms with Crippen molar-refractivity contribution in [2.75, 3.05) is 43.6 Å². The molecule has 15 heteroatoms. The number of carbonyl (C=O) groups excluding carboxylic acids is 1. The van der Waals surface area contributed by atoms with Crippen LogP contribution in [0.2, 0.25) is 5.02 Å². The van der Waals surface area contributed by atoms with Crippen molar-refractivity contribution in [3.63, 3.8) is 0 Å². The molecule has 5 rings (SSSR count). The Bertz CT molecular complexity index is 1760. The number of halogens is 4. The molecule has 2 aromatic carbocycles. The predicted molar refractivity (Wildman–Crippen MR) is 165 cm³/mol. The molecule has 0 N–H and O–H groups in total. The first-order valence-corrected chi connectivity index (χ1v) is 16.9. The number of anilines is 1. The lowest BCUT2D eigenvalue weighted by molar-refractivity contribution is -0.130. The van der Waals surface area contributed by atoms with E-state index in [1.807, 2.05) is 22.6 Å². The third-order valence-electron chi connectivity index (χ3n) is 7.12. The fourth-order valence-electron chi connectivity index (χ4n) is 5.31. The number of piperazine rings is 1. The summed E-state index contributed by atoms with van der Waals surface area (Å²) < 4.78 is 55.8. The highest BCUT2D eigenvalue weighted by Crippen LogP contribution is 2.46. The van der Waals surface area contributed by atoms with Crippen molar-refractivity contribution >= 4 is 78.6 Å². The molecular weight excluding hydrogens is 711 g/mol. The fourth-order valence-corrected chi connectivity index (χ4v) is 9.20. The van der Waals surface area contributed by atoms with Crippen LogP contribution in [0.4, 0.5) is 14.6 Å². The van der Waals surface area contributed by atoms with Gasteiger partial charge in [0, 0.05) is 66.5 Å². The molecule has 0 spiro atoms. The average molecular weight is 736 g/mol. The van der Waals surface area contributed by atoms with Crippen molar-refractivity contribution in [3.05, 3.63) is 64.1 Å². The monoisotopic (exact) mass is 735 g/mol. The summed E-state index contributed by atoms with van der Waals surface area (Å²) in [7, 11) is -1.84. The Morgan fingerprint density at radius 1 is 1.32 bits per heavy atom. The summed E-state index contributed by atoms with van der Waals surface area (Å²) in [6.07, 6.45) is 2.31. The second-order valence-corrected chi connectivity index (χ2v) is 14.7. The van der Waals surface area contributed by atoms with Crippen LogP contribution in [0.25, 0.3) is 22.0 Å². The molecule has 0 bridgehead atoms. The summed E-state index contributed by atoms with van der Waals surface area (Å²) >= 11 is 10.2. The number of nitrogens with zero attached hydrogens (tertiary/aromatic N) is 5. The third kappa shape index (κ3) is 5.60. The topological polar surface area (TPSA) is 95.8 Å². The maximum Gasteiger partial charge on any atom is 0.350 e. The highest BCUT2D eigenvalue weighted by molar-refractivity contribution is 14.1. The summed E-state index contributed by atoms with van der Waals surface area (Å²) in [4.78, 5) is 34.3. The zero-order valence-electron chi connectivity index (χ0n) is 22.0. The van der Waals surface area contributed by atoms with E-state index in [0.717, 1.165) is 18.4 Å². The molecule has 0 aliphatic carbocycles. The number of sulfonamides is 1. The normalized spacial score (nSPS) is 19.4. The molecule has 3 heterocycles. The number of aromatic nitrogens is 2. The lowest BCUT2D eigenvalue weighted by Crippen LogP contribution is -2.62. The van der Waals surface area contributed by atoms with Crippen molar-refractivity contribution in [1.82, 2.24) is 18.8 Å². The standard InChI is InChI=1S/C26H25ClF2IN5O4S2/c1-4-21(36)35-15(12-33(13-20(35)30)41(3,38)39)11-32(2)25-17-10-18(27)22(16-6-5-14(28)9-19(16)29)24-23(17)34(7-8-40-24)26(37)31-25/h4-6,9-10,15,20H,1,7-8,11-13H2,2-3H3. The quantitative estimate of drug-likeness (QED) is 0.164. The molecule has 1 aromatic heterocycles. The van der Waals surface area contributed by atoms with Gasteiger partial charge in [0.1, 0.15) is 17.5 Å². The van der Waals surface area contributed by atoms with Crippen LogP contribution in [0.5, 0.6) is 0 Å². The van der Waals surface area contributed by atoms with Crippen LogP contribution in [-0.4, -0.2) is 81.9 Å². The van der Waals surface area contributed by atoms with Crippen LogP contribution in [0.3, 0.4) is 0 Å². The van der Waals surface area contributed by atoms with E-state index in [1.54, 1.807) is 22.9 Å². The van der Waals surface area contributed by atoms with Gasteiger partial charge < -0.3 is 9.80 Å². The molecule has 9 nitrogen and oxygen atoms in total. The summed E-state index contributed by atoms with van der Waals surface area (Å²) in [5.74, 6) is -1.03. The van der Waals surface area contributed by atoms with Crippen molar-refractivity contribution in [2.45, 2.75) is 21.5 Å². The number of likely N-dealkylation sites (N-methyl/N-ethyl adjacent to an activating group) is 1. The Morgan fingerprint density at radius 2 is 2.05 bits per heavy atom. The minimum atomic E-state index is -3.54. The highest BCUT2D eigenvalue weighted by Gasteiger charge is 2.39. The van der Waals surface area contributed by atoms with Gasteiger partial charge in [-0.15, -0.1) is 11.8 Å². The number of carbonyl (C=O) groups is 1. The zero-order chi connectivity index (χ0) is 29.8. The van der Waals surface area contributed by atoms with Gasteiger partial charge in [0.15, 0.2) is 0 Å². The van der Waals surface area contributed by atoms with E-state index >= 15 is 0 Å². The first-order valence-electron chi connectivity index (χ1n) is 12.4. The van der Waals surface area contributed by atoms with Gasteiger partial charge in [0.2, 0.25) is 15.9 Å². The molecule has 1 fully saturated rings. The number of thioether (sulfide) groups is 1. The molecule has 2 unspecified atom stereocenters. The van der Waals surface area contributed by atoms with Crippen molar-refractivity contribution in [3.8, 4) is 11.1 Å². The van der Waals surface area contributed by atoms with Crippen LogP contribution >= 0.6 is 46.0 Å². The smallest absolute Gasteiger partial charge is 0.350 e. The lowest BCUT2D eigenvalue weighted by Gasteiger charge is -2.44. The second-order valence-electron chi connectivity index (χ2n) is 9.80. The Hall–Kier alpha value is -2.27. The molecular formula is C26H25ClF2IN5O4S2. The molecule has 0 radical (unpaired) electrons. The van der Waals surface area contributed by atoms with Gasteiger partial charge in [-0.05, 0) is 24.3 Å². The Balaban J connectivity index is 1.64. The number of benzene rings is 2. The maximum absolute atomic E-state index is 14.9. The van der Waals surface area contributed by atoms with E-state index in [4.69, 9.17) is 11.6 Å². The number of rotatable bonds is 6. The van der Waals surface area contributed by atoms with Crippen molar-refractivity contribution in [1.29, 1.82) is 0 Å². The number of hydrogen-bond donors (Lipinski definition) is 0. The van der Waals surface area contributed by atoms with Crippen molar-refractivity contribution in [2.24, 2.45) is 0 Å². The number of amides is 1. The van der Waals surface area contributed by atoms with E-state index in [1.165, 1.54) is 32.8 Å². The second kappa shape index (κ2) is 11.4. The van der Waals surface area contributed by atoms with Crippen molar-refractivity contribution < 1.29 is 22.0 Å². The summed E-state index contributed by atoms with van der Waals surface area (Å²) in [5.41, 5.74) is 0.489. The van der Waals surface area contributed by atoms with Gasteiger partial charge >= 0.3 is 5.69 Å². The summed E-state index contributed by atoms with van der Waals surface area (Å²) in [6.45, 7) is 4.29. The average Bonchev–Trinajstić information content (AvgIpc) is 2.90. The molecule has 41 heavy (non-hydrogen) atoms. The van der Waals surface area contributed by atoms with Crippen LogP contribution in [0.1, 0.15) is 0 Å². The van der Waals surface area contributed by atoms with Crippen LogP contribution in [0, 0.1) is 11.6 Å². The maximum atomic E-state index is 14.9. The first-order chi connectivity index (χ1) is 19.3. The molecule has 2 atom stereocenters. The molecule has 0 saturated carbocycles. The molecule has 3 aromatic rings. The van der Waals surface area contributed by atoms with Crippen LogP contribution in [-0.2, 0) is 21.4 Å². The number of alkyl halides is 1. The van der Waals surface area contributed by atoms with Gasteiger partial charge in [-0.2, -0.15) is 9.29 Å². The van der Waals surface area contributed by atoms with Crippen LogP contribution in [0.15, 0.2) is 46.6 Å². The number of aryl methyl sites for hydroxylation is 1. The van der Waals surface area contributed by atoms with E-state index in [0.29, 0.717) is 33.7 Å². The molecule has 2 aliphatic rings. The minimum absolute atomic E-state index is 0.0487. The Morgan fingerprint density at radius 3 is 2.71 bits per heavy atom. The van der Waals surface area contributed by atoms with Gasteiger partial charge in [-0.25, -0.2) is 22.0 Å². The molecule has 1 amide bonds. The minimum Gasteiger partial charge on any atom is -0.357 e. The fraction of sp³-hybridized carbons (Fsp3) is 0.346. The van der Waals surface area contributed by atoms with E-state index in [2.05, 4.69) is 11.6 Å². The zero-order valence-corrected chi connectivity index (χ0v) is 26.5. The van der Waals surface area contributed by atoms with Gasteiger partial charge in [-0.3, -0.25) is 9.36 Å². The predicted octanol–water partition coefficient (Wildman–Crippen LogP) is 3.96. The van der Waals surface area contributed by atoms with Crippen LogP contribution < -0.4 is 10.6 Å². The van der Waals surface area contributed by atoms with Gasteiger partial charge in [0.05, 0.1) is 26.9 Å². The van der Waals surface area contributed by atoms with Gasteiger partial charge in [-0.1, -0.05) is 40.8 Å². The summed E-state index contributed by atoms with van der Waals surface area (Å²) in [6, 6.07) is 4.28. The Kier molecular flexibility index (Phi) is 8.42. The number of hydrogen-bond acceptors (Lipinski definition) is 7. The third-order valence-corrected chi connectivity index (χ3v) is 10.7. The Labute approximate surface area is 258 Å². The van der Waals surface area contributed by atoms with Gasteiger partial charge in [0.25, 0.3) is 0 Å². The largest absolute Gasteiger partial charge is 0.357 e. The molecule has 1 saturated heterocycles. The van der Waals surface area contributed by atoms with E-state index in [9.17, 15) is 26.8 Å². The van der Waals surface area contributed by atoms with E-state index < -0.39 is 37.4 Å². The highest BCUT2D eigenvalue weighted by atomic mass is 127. The SMILES string of the molecule is C=CC(=O)N1C(I)CN(S(C)(=O)=O)CC1CN(C)c1nc(=O)n2c3c(c(-c4ccc(F)cc4F)c(Cl)cc13)SCC2. The van der Waals surface area contributed by atoms with E-state index in [-0.39, 0.29) is 41.9 Å². The molecule has 218 valence electrons. The lowest BCUT2D eigenvalue weighted by atomic mass is 10.0. The summed E-state index contributed by atoms with van der Waals surface area (Å²) in [5, 5.41) is 0.736. The molecule has 2 aliphatic heterocycles. The first kappa shape index (κ1) is 30.2.